The molecule has 2 rings (SSSR count). The standard InChI is InChI=1S/C16H25FN2/c1-5-18-13(4)14-7-6-8-15(17)16(14)19-10-11(2)9-12(19)3/h6-8,11-13,18H,5,9-10H2,1-4H3. The molecule has 3 heteroatoms. The molecule has 0 spiro atoms. The highest BCUT2D eigenvalue weighted by molar-refractivity contribution is 5.57. The van der Waals surface area contributed by atoms with E-state index in [4.69, 9.17) is 0 Å². The molecule has 0 amide bonds. The maximum atomic E-state index is 14.3. The Balaban J connectivity index is 2.38. The Morgan fingerprint density at radius 3 is 2.74 bits per heavy atom. The predicted molar refractivity (Wildman–Crippen MR) is 79.1 cm³/mol. The molecule has 0 aliphatic carbocycles. The second-order valence-corrected chi connectivity index (χ2v) is 5.80. The zero-order valence-electron chi connectivity index (χ0n) is 12.4. The minimum Gasteiger partial charge on any atom is -0.366 e. The van der Waals surface area contributed by atoms with Crippen molar-refractivity contribution < 1.29 is 4.39 Å². The van der Waals surface area contributed by atoms with Crippen molar-refractivity contribution in [2.24, 2.45) is 5.92 Å². The van der Waals surface area contributed by atoms with Crippen molar-refractivity contribution in [1.82, 2.24) is 5.32 Å². The summed E-state index contributed by atoms with van der Waals surface area (Å²) in [6.07, 6.45) is 1.14. The van der Waals surface area contributed by atoms with Gasteiger partial charge >= 0.3 is 0 Å². The van der Waals surface area contributed by atoms with Crippen molar-refractivity contribution in [3.63, 3.8) is 0 Å². The lowest BCUT2D eigenvalue weighted by molar-refractivity contribution is 0.574. The summed E-state index contributed by atoms with van der Waals surface area (Å²) in [5.41, 5.74) is 1.87. The van der Waals surface area contributed by atoms with E-state index in [2.05, 4.69) is 37.9 Å². The lowest BCUT2D eigenvalue weighted by Crippen LogP contribution is -2.30. The lowest BCUT2D eigenvalue weighted by Gasteiger charge is -2.29. The summed E-state index contributed by atoms with van der Waals surface area (Å²) in [6, 6.07) is 6.03. The topological polar surface area (TPSA) is 15.3 Å². The maximum Gasteiger partial charge on any atom is 0.146 e. The Morgan fingerprint density at radius 1 is 1.42 bits per heavy atom. The second-order valence-electron chi connectivity index (χ2n) is 5.80. The van der Waals surface area contributed by atoms with Crippen molar-refractivity contribution in [3.8, 4) is 0 Å². The maximum absolute atomic E-state index is 14.3. The third-order valence-corrected chi connectivity index (χ3v) is 4.07. The Morgan fingerprint density at radius 2 is 2.16 bits per heavy atom. The average Bonchev–Trinajstić information content (AvgIpc) is 2.68. The van der Waals surface area contributed by atoms with Gasteiger partial charge in [-0.3, -0.25) is 0 Å². The van der Waals surface area contributed by atoms with Crippen LogP contribution in [0.1, 0.15) is 45.7 Å². The molecule has 1 aliphatic heterocycles. The Labute approximate surface area is 116 Å². The van der Waals surface area contributed by atoms with Gasteiger partial charge in [0.05, 0.1) is 5.69 Å². The van der Waals surface area contributed by atoms with Gasteiger partial charge in [0.1, 0.15) is 5.82 Å². The van der Waals surface area contributed by atoms with Crippen LogP contribution >= 0.6 is 0 Å². The minimum atomic E-state index is -0.0943. The van der Waals surface area contributed by atoms with Crippen LogP contribution in [0.2, 0.25) is 0 Å². The highest BCUT2D eigenvalue weighted by Gasteiger charge is 2.30. The number of rotatable bonds is 4. The number of nitrogens with zero attached hydrogens (tertiary/aromatic N) is 1. The van der Waals surface area contributed by atoms with Crippen molar-refractivity contribution in [2.75, 3.05) is 18.0 Å². The first-order valence-corrected chi connectivity index (χ1v) is 7.33. The molecule has 1 fully saturated rings. The highest BCUT2D eigenvalue weighted by atomic mass is 19.1. The van der Waals surface area contributed by atoms with Crippen LogP contribution < -0.4 is 10.2 Å². The Bertz CT molecular complexity index is 433. The van der Waals surface area contributed by atoms with Crippen LogP contribution in [0.25, 0.3) is 0 Å². The number of anilines is 1. The summed E-state index contributed by atoms with van der Waals surface area (Å²) < 4.78 is 14.3. The van der Waals surface area contributed by atoms with Crippen LogP contribution in [0.4, 0.5) is 10.1 Å². The molecule has 2 nitrogen and oxygen atoms in total. The quantitative estimate of drug-likeness (QED) is 0.891. The van der Waals surface area contributed by atoms with Gasteiger partial charge in [0.15, 0.2) is 0 Å². The summed E-state index contributed by atoms with van der Waals surface area (Å²) in [7, 11) is 0. The van der Waals surface area contributed by atoms with Gasteiger partial charge in [-0.15, -0.1) is 0 Å². The van der Waals surface area contributed by atoms with Crippen LogP contribution in [0, 0.1) is 11.7 Å². The molecule has 19 heavy (non-hydrogen) atoms. The van der Waals surface area contributed by atoms with Gasteiger partial charge in [-0.25, -0.2) is 4.39 Å². The normalized spacial score (nSPS) is 24.8. The van der Waals surface area contributed by atoms with Gasteiger partial charge < -0.3 is 10.2 Å². The summed E-state index contributed by atoms with van der Waals surface area (Å²) in [4.78, 5) is 2.24. The molecule has 0 aromatic heterocycles. The van der Waals surface area contributed by atoms with Gasteiger partial charge in [-0.2, -0.15) is 0 Å². The largest absolute Gasteiger partial charge is 0.366 e. The van der Waals surface area contributed by atoms with Crippen LogP contribution in [0.15, 0.2) is 18.2 Å². The summed E-state index contributed by atoms with van der Waals surface area (Å²) in [6.45, 7) is 10.5. The zero-order valence-corrected chi connectivity index (χ0v) is 12.4. The average molecular weight is 264 g/mol. The van der Waals surface area contributed by atoms with Crippen molar-refractivity contribution >= 4 is 5.69 Å². The molecule has 1 saturated heterocycles. The third-order valence-electron chi connectivity index (χ3n) is 4.07. The number of hydrogen-bond acceptors (Lipinski definition) is 2. The number of para-hydroxylation sites is 1. The molecule has 1 aromatic carbocycles. The molecular weight excluding hydrogens is 239 g/mol. The SMILES string of the molecule is CCNC(C)c1cccc(F)c1N1CC(C)CC1C. The molecule has 1 N–H and O–H groups in total. The summed E-state index contributed by atoms with van der Waals surface area (Å²) >= 11 is 0. The molecule has 1 aromatic rings. The molecule has 3 atom stereocenters. The Kier molecular flexibility index (Phi) is 4.46. The Hall–Kier alpha value is -1.09. The van der Waals surface area contributed by atoms with E-state index < -0.39 is 0 Å². The molecule has 0 bridgehead atoms. The third kappa shape index (κ3) is 2.92. The number of halogens is 1. The van der Waals surface area contributed by atoms with Gasteiger partial charge in [0, 0.05) is 18.6 Å². The first-order valence-electron chi connectivity index (χ1n) is 7.33. The van der Waals surface area contributed by atoms with E-state index in [0.717, 1.165) is 30.8 Å². The summed E-state index contributed by atoms with van der Waals surface area (Å²) in [5, 5.41) is 3.39. The molecule has 1 heterocycles. The minimum absolute atomic E-state index is 0.0943. The van der Waals surface area contributed by atoms with E-state index >= 15 is 0 Å². The predicted octanol–water partition coefficient (Wildman–Crippen LogP) is 3.73. The van der Waals surface area contributed by atoms with E-state index in [9.17, 15) is 4.39 Å². The van der Waals surface area contributed by atoms with Crippen LogP contribution in [0.3, 0.4) is 0 Å². The first kappa shape index (κ1) is 14.3. The second kappa shape index (κ2) is 5.91. The van der Waals surface area contributed by atoms with Gasteiger partial charge in [0.25, 0.3) is 0 Å². The molecular formula is C16H25FN2. The van der Waals surface area contributed by atoms with Gasteiger partial charge in [0.2, 0.25) is 0 Å². The number of nitrogens with one attached hydrogen (secondary N) is 1. The molecule has 0 saturated carbocycles. The highest BCUT2D eigenvalue weighted by Crippen LogP contribution is 2.35. The van der Waals surface area contributed by atoms with E-state index in [-0.39, 0.29) is 11.9 Å². The smallest absolute Gasteiger partial charge is 0.146 e. The van der Waals surface area contributed by atoms with E-state index in [1.165, 1.54) is 0 Å². The van der Waals surface area contributed by atoms with Crippen LogP contribution in [-0.2, 0) is 0 Å². The van der Waals surface area contributed by atoms with E-state index in [1.54, 1.807) is 6.07 Å². The van der Waals surface area contributed by atoms with Crippen molar-refractivity contribution in [2.45, 2.75) is 46.2 Å². The van der Waals surface area contributed by atoms with E-state index in [0.29, 0.717) is 12.0 Å². The fourth-order valence-electron chi connectivity index (χ4n) is 3.21. The fourth-order valence-corrected chi connectivity index (χ4v) is 3.21. The van der Waals surface area contributed by atoms with Gasteiger partial charge in [-0.1, -0.05) is 26.0 Å². The van der Waals surface area contributed by atoms with Gasteiger partial charge in [-0.05, 0) is 44.4 Å². The van der Waals surface area contributed by atoms with Crippen molar-refractivity contribution in [1.29, 1.82) is 0 Å². The first-order chi connectivity index (χ1) is 9.04. The lowest BCUT2D eigenvalue weighted by atomic mass is 10.0. The summed E-state index contributed by atoms with van der Waals surface area (Å²) in [5.74, 6) is 0.542. The molecule has 0 radical (unpaired) electrons. The fraction of sp³-hybridized carbons (Fsp3) is 0.625. The monoisotopic (exact) mass is 264 g/mol. The molecule has 1 aliphatic rings. The van der Waals surface area contributed by atoms with E-state index in [1.807, 2.05) is 12.1 Å². The van der Waals surface area contributed by atoms with Crippen LogP contribution in [0.5, 0.6) is 0 Å². The van der Waals surface area contributed by atoms with Crippen molar-refractivity contribution in [3.05, 3.63) is 29.6 Å². The zero-order chi connectivity index (χ0) is 14.0. The number of benzene rings is 1. The molecule has 106 valence electrons. The molecule has 3 unspecified atom stereocenters. The number of hydrogen-bond donors (Lipinski definition) is 1. The van der Waals surface area contributed by atoms with Crippen LogP contribution in [-0.4, -0.2) is 19.1 Å².